The Morgan fingerprint density at radius 3 is 2.68 bits per heavy atom. The summed E-state index contributed by atoms with van der Waals surface area (Å²) < 4.78 is 19.3. The number of carboxylic acids is 1. The Morgan fingerprint density at radius 2 is 2.11 bits per heavy atom. The molecule has 6 nitrogen and oxygen atoms in total. The molecule has 100 valence electrons. The van der Waals surface area contributed by atoms with E-state index in [1.54, 1.807) is 0 Å². The van der Waals surface area contributed by atoms with E-state index in [1.807, 2.05) is 0 Å². The molecule has 0 saturated heterocycles. The summed E-state index contributed by atoms with van der Waals surface area (Å²) in [5, 5.41) is 16.5. The van der Waals surface area contributed by atoms with Crippen LogP contribution in [-0.4, -0.2) is 39.8 Å². The Morgan fingerprint density at radius 1 is 1.42 bits per heavy atom. The third kappa shape index (κ3) is 2.76. The average molecular weight is 265 g/mol. The number of aromatic nitrogens is 3. The zero-order valence-electron chi connectivity index (χ0n) is 10.2. The SMILES string of the molecule is COCCn1nnc(C(=O)O)c1-c1ccc(F)cc1. The number of nitrogens with zero attached hydrogens (tertiary/aromatic N) is 3. The molecule has 0 radical (unpaired) electrons. The van der Waals surface area contributed by atoms with Gasteiger partial charge in [0.1, 0.15) is 11.5 Å². The van der Waals surface area contributed by atoms with Gasteiger partial charge >= 0.3 is 5.97 Å². The van der Waals surface area contributed by atoms with Crippen LogP contribution in [0.4, 0.5) is 4.39 Å². The number of ether oxygens (including phenoxy) is 1. The summed E-state index contributed by atoms with van der Waals surface area (Å²) in [4.78, 5) is 11.1. The molecular weight excluding hydrogens is 253 g/mol. The number of hydrogen-bond donors (Lipinski definition) is 1. The molecule has 0 aliphatic rings. The minimum absolute atomic E-state index is 0.164. The first-order valence-corrected chi connectivity index (χ1v) is 5.55. The predicted molar refractivity (Wildman–Crippen MR) is 64.3 cm³/mol. The molecule has 0 spiro atoms. The van der Waals surface area contributed by atoms with Crippen LogP contribution in [-0.2, 0) is 11.3 Å². The van der Waals surface area contributed by atoms with Gasteiger partial charge in [0.15, 0.2) is 5.69 Å². The number of benzene rings is 1. The van der Waals surface area contributed by atoms with E-state index < -0.39 is 11.8 Å². The number of aromatic carboxylic acids is 1. The summed E-state index contributed by atoms with van der Waals surface area (Å²) in [6.45, 7) is 0.736. The van der Waals surface area contributed by atoms with Crippen molar-refractivity contribution in [1.82, 2.24) is 15.0 Å². The van der Waals surface area contributed by atoms with Crippen molar-refractivity contribution in [3.8, 4) is 11.3 Å². The van der Waals surface area contributed by atoms with E-state index in [-0.39, 0.29) is 5.69 Å². The predicted octanol–water partition coefficient (Wildman–Crippen LogP) is 1.43. The Kier molecular flexibility index (Phi) is 3.86. The summed E-state index contributed by atoms with van der Waals surface area (Å²) in [6, 6.07) is 5.50. The second-order valence-electron chi connectivity index (χ2n) is 3.81. The summed E-state index contributed by atoms with van der Waals surface area (Å²) in [7, 11) is 1.53. The van der Waals surface area contributed by atoms with E-state index >= 15 is 0 Å². The molecule has 0 bridgehead atoms. The zero-order chi connectivity index (χ0) is 13.8. The molecule has 0 fully saturated rings. The normalized spacial score (nSPS) is 10.6. The average Bonchev–Trinajstić information content (AvgIpc) is 2.81. The fraction of sp³-hybridized carbons (Fsp3) is 0.250. The highest BCUT2D eigenvalue weighted by Gasteiger charge is 2.20. The molecular formula is C12H12FN3O3. The molecule has 2 aromatic rings. The number of hydrogen-bond acceptors (Lipinski definition) is 4. The third-order valence-electron chi connectivity index (χ3n) is 2.56. The van der Waals surface area contributed by atoms with Crippen LogP contribution < -0.4 is 0 Å². The van der Waals surface area contributed by atoms with Gasteiger partial charge in [-0.3, -0.25) is 0 Å². The first kappa shape index (κ1) is 13.2. The monoisotopic (exact) mass is 265 g/mol. The van der Waals surface area contributed by atoms with E-state index in [4.69, 9.17) is 9.84 Å². The van der Waals surface area contributed by atoms with Gasteiger partial charge in [-0.1, -0.05) is 5.21 Å². The number of halogens is 1. The quantitative estimate of drug-likeness (QED) is 0.884. The minimum atomic E-state index is -1.18. The van der Waals surface area contributed by atoms with Crippen LogP contribution >= 0.6 is 0 Å². The van der Waals surface area contributed by atoms with E-state index in [2.05, 4.69) is 10.3 Å². The smallest absolute Gasteiger partial charge is 0.358 e. The van der Waals surface area contributed by atoms with E-state index in [1.165, 1.54) is 36.1 Å². The third-order valence-corrected chi connectivity index (χ3v) is 2.56. The highest BCUT2D eigenvalue weighted by Crippen LogP contribution is 2.22. The lowest BCUT2D eigenvalue weighted by Gasteiger charge is -2.06. The van der Waals surface area contributed by atoms with Gasteiger partial charge in [0.2, 0.25) is 0 Å². The fourth-order valence-electron chi connectivity index (χ4n) is 1.68. The summed E-state index contributed by atoms with van der Waals surface area (Å²) in [6.07, 6.45) is 0. The number of methoxy groups -OCH3 is 1. The highest BCUT2D eigenvalue weighted by atomic mass is 19.1. The van der Waals surface area contributed by atoms with Crippen LogP contribution in [0.5, 0.6) is 0 Å². The van der Waals surface area contributed by atoms with Crippen LogP contribution in [0.25, 0.3) is 11.3 Å². The topological polar surface area (TPSA) is 77.2 Å². The Hall–Kier alpha value is -2.28. The zero-order valence-corrected chi connectivity index (χ0v) is 10.2. The van der Waals surface area contributed by atoms with Crippen molar-refractivity contribution in [2.24, 2.45) is 0 Å². The highest BCUT2D eigenvalue weighted by molar-refractivity contribution is 5.92. The lowest BCUT2D eigenvalue weighted by atomic mass is 10.1. The van der Waals surface area contributed by atoms with Crippen molar-refractivity contribution in [2.75, 3.05) is 13.7 Å². The molecule has 0 saturated carbocycles. The van der Waals surface area contributed by atoms with Crippen LogP contribution in [0.15, 0.2) is 24.3 Å². The van der Waals surface area contributed by atoms with Crippen LogP contribution in [0, 0.1) is 5.82 Å². The van der Waals surface area contributed by atoms with Crippen molar-refractivity contribution >= 4 is 5.97 Å². The lowest BCUT2D eigenvalue weighted by Crippen LogP contribution is -2.08. The van der Waals surface area contributed by atoms with Gasteiger partial charge in [-0.15, -0.1) is 5.10 Å². The summed E-state index contributed by atoms with van der Waals surface area (Å²) >= 11 is 0. The van der Waals surface area contributed by atoms with E-state index in [9.17, 15) is 9.18 Å². The molecule has 7 heteroatoms. The Labute approximate surface area is 108 Å². The molecule has 0 aliphatic carbocycles. The van der Waals surface area contributed by atoms with Gasteiger partial charge in [0.25, 0.3) is 0 Å². The number of rotatable bonds is 5. The summed E-state index contributed by atoms with van der Waals surface area (Å²) in [5.74, 6) is -1.57. The second kappa shape index (κ2) is 5.57. The molecule has 1 aromatic heterocycles. The van der Waals surface area contributed by atoms with Gasteiger partial charge in [-0.2, -0.15) is 0 Å². The molecule has 0 aliphatic heterocycles. The molecule has 0 unspecified atom stereocenters. The molecule has 0 amide bonds. The van der Waals surface area contributed by atoms with Crippen molar-refractivity contribution in [3.63, 3.8) is 0 Å². The van der Waals surface area contributed by atoms with Crippen molar-refractivity contribution in [3.05, 3.63) is 35.8 Å². The molecule has 1 heterocycles. The minimum Gasteiger partial charge on any atom is -0.476 e. The lowest BCUT2D eigenvalue weighted by molar-refractivity contribution is 0.0691. The molecule has 1 aromatic carbocycles. The fourth-order valence-corrected chi connectivity index (χ4v) is 1.68. The van der Waals surface area contributed by atoms with Crippen LogP contribution in [0.3, 0.4) is 0 Å². The second-order valence-corrected chi connectivity index (χ2v) is 3.81. The maximum absolute atomic E-state index is 12.9. The summed E-state index contributed by atoms with van der Waals surface area (Å²) in [5.41, 5.74) is 0.715. The number of carboxylic acid groups (broad SMARTS) is 1. The van der Waals surface area contributed by atoms with E-state index in [0.717, 1.165) is 0 Å². The molecule has 0 atom stereocenters. The van der Waals surface area contributed by atoms with E-state index in [0.29, 0.717) is 24.4 Å². The largest absolute Gasteiger partial charge is 0.476 e. The Bertz CT molecular complexity index is 580. The Balaban J connectivity index is 2.47. The molecule has 1 N–H and O–H groups in total. The van der Waals surface area contributed by atoms with Gasteiger partial charge < -0.3 is 9.84 Å². The first-order chi connectivity index (χ1) is 9.13. The van der Waals surface area contributed by atoms with Crippen LogP contribution in [0.1, 0.15) is 10.5 Å². The van der Waals surface area contributed by atoms with Crippen LogP contribution in [0.2, 0.25) is 0 Å². The molecule has 19 heavy (non-hydrogen) atoms. The van der Waals surface area contributed by atoms with Gasteiger partial charge in [-0.05, 0) is 24.3 Å². The van der Waals surface area contributed by atoms with Crippen molar-refractivity contribution in [1.29, 1.82) is 0 Å². The van der Waals surface area contributed by atoms with Gasteiger partial charge in [0, 0.05) is 12.7 Å². The van der Waals surface area contributed by atoms with Crippen molar-refractivity contribution < 1.29 is 19.0 Å². The van der Waals surface area contributed by atoms with Gasteiger partial charge in [-0.25, -0.2) is 13.9 Å². The maximum atomic E-state index is 12.9. The first-order valence-electron chi connectivity index (χ1n) is 5.55. The number of carbonyl (C=O) groups is 1. The van der Waals surface area contributed by atoms with Gasteiger partial charge in [0.05, 0.1) is 13.2 Å². The maximum Gasteiger partial charge on any atom is 0.358 e. The standard InChI is InChI=1S/C12H12FN3O3/c1-19-7-6-16-11(10(12(17)18)14-15-16)8-2-4-9(13)5-3-8/h2-5H,6-7H2,1H3,(H,17,18). The molecule has 2 rings (SSSR count). The van der Waals surface area contributed by atoms with Crippen molar-refractivity contribution in [2.45, 2.75) is 6.54 Å².